The Morgan fingerprint density at radius 3 is 1.41 bits per heavy atom. The zero-order valence-corrected chi connectivity index (χ0v) is 24.8. The molecule has 0 spiro atoms. The number of hydrogen-bond donors (Lipinski definition) is 0. The lowest BCUT2D eigenvalue weighted by molar-refractivity contribution is 1.15. The van der Waals surface area contributed by atoms with Gasteiger partial charge in [-0.25, -0.2) is 9.97 Å². The maximum absolute atomic E-state index is 5.22. The Balaban J connectivity index is 1.32. The predicted octanol–water partition coefficient (Wildman–Crippen LogP) is 10.5. The Hall–Kier alpha value is -6.26. The second kappa shape index (κ2) is 10.7. The lowest BCUT2D eigenvalue weighted by Gasteiger charge is -2.15. The summed E-state index contributed by atoms with van der Waals surface area (Å²) < 4.78 is 0. The molecule has 9 aromatic rings. The van der Waals surface area contributed by atoms with E-state index in [2.05, 4.69) is 126 Å². The molecule has 9 rings (SSSR count). The van der Waals surface area contributed by atoms with Gasteiger partial charge in [0.25, 0.3) is 0 Å². The average molecular weight is 587 g/mol. The minimum atomic E-state index is 0.583. The molecule has 214 valence electrons. The zero-order chi connectivity index (χ0) is 30.5. The summed E-state index contributed by atoms with van der Waals surface area (Å²) in [7, 11) is 0. The lowest BCUT2D eigenvalue weighted by Crippen LogP contribution is -1.99. The van der Waals surface area contributed by atoms with Crippen molar-refractivity contribution in [3.8, 4) is 45.2 Å². The molecule has 0 radical (unpaired) electrons. The molecular formula is C42H26N4. The summed E-state index contributed by atoms with van der Waals surface area (Å²) in [5.41, 5.74) is 6.57. The Morgan fingerprint density at radius 1 is 0.370 bits per heavy atom. The van der Waals surface area contributed by atoms with Gasteiger partial charge in [0.15, 0.2) is 5.82 Å². The molecule has 4 heteroatoms. The van der Waals surface area contributed by atoms with Gasteiger partial charge in [-0.2, -0.15) is 0 Å². The summed E-state index contributed by atoms with van der Waals surface area (Å²) >= 11 is 0. The third-order valence-electron chi connectivity index (χ3n) is 8.80. The number of hydrogen-bond acceptors (Lipinski definition) is 4. The summed E-state index contributed by atoms with van der Waals surface area (Å²) in [5, 5.41) is 9.51. The quantitative estimate of drug-likeness (QED) is 0.193. The van der Waals surface area contributed by atoms with E-state index in [0.29, 0.717) is 11.5 Å². The Morgan fingerprint density at radius 2 is 0.891 bits per heavy atom. The van der Waals surface area contributed by atoms with Gasteiger partial charge < -0.3 is 0 Å². The van der Waals surface area contributed by atoms with Gasteiger partial charge in [0.1, 0.15) is 5.69 Å². The molecule has 46 heavy (non-hydrogen) atoms. The number of pyridine rings is 2. The van der Waals surface area contributed by atoms with Gasteiger partial charge in [-0.1, -0.05) is 109 Å². The Labute approximate surface area is 265 Å². The first kappa shape index (κ1) is 26.2. The molecule has 0 aliphatic rings. The van der Waals surface area contributed by atoms with Crippen LogP contribution in [0.25, 0.3) is 88.2 Å². The fourth-order valence-electron chi connectivity index (χ4n) is 6.60. The van der Waals surface area contributed by atoms with Crippen LogP contribution in [0, 0.1) is 0 Å². The molecule has 0 bridgehead atoms. The van der Waals surface area contributed by atoms with Gasteiger partial charge in [0.2, 0.25) is 0 Å². The molecular weight excluding hydrogens is 560 g/mol. The first-order valence-electron chi connectivity index (χ1n) is 15.4. The maximum atomic E-state index is 5.22. The van der Waals surface area contributed by atoms with Crippen molar-refractivity contribution >= 4 is 43.1 Å². The molecule has 0 unspecified atom stereocenters. The normalized spacial score (nSPS) is 11.5. The van der Waals surface area contributed by atoms with Gasteiger partial charge in [-0.15, -0.1) is 0 Å². The van der Waals surface area contributed by atoms with Crippen LogP contribution in [-0.2, 0) is 0 Å². The standard InChI is InChI=1S/C42H26N4/c1-3-13-31-27(10-1)22-37(35-17-7-5-15-33(31)35)40-24-41(38-23-28-11-2-4-14-32(28)34-16-6-8-18-36(34)38)46-42(45-40)39-20-19-30(26-44-39)29-12-9-21-43-25-29/h1-26H. The van der Waals surface area contributed by atoms with Crippen LogP contribution in [0.5, 0.6) is 0 Å². The van der Waals surface area contributed by atoms with E-state index in [1.165, 1.54) is 32.3 Å². The van der Waals surface area contributed by atoms with Crippen LogP contribution in [0.1, 0.15) is 0 Å². The summed E-state index contributed by atoms with van der Waals surface area (Å²) in [5.74, 6) is 0.583. The molecule has 3 heterocycles. The van der Waals surface area contributed by atoms with Crippen molar-refractivity contribution in [2.75, 3.05) is 0 Å². The summed E-state index contributed by atoms with van der Waals surface area (Å²) in [6, 6.07) is 48.9. The van der Waals surface area contributed by atoms with Crippen molar-refractivity contribution in [1.82, 2.24) is 19.9 Å². The molecule has 4 nitrogen and oxygen atoms in total. The fourth-order valence-corrected chi connectivity index (χ4v) is 6.60. The number of fused-ring (bicyclic) bond motifs is 6. The SMILES string of the molecule is c1cncc(-c2ccc(-c3nc(-c4cc5ccccc5c5ccccc45)cc(-c4cc5ccccc5c5ccccc45)n3)nc2)c1. The van der Waals surface area contributed by atoms with Crippen molar-refractivity contribution in [2.45, 2.75) is 0 Å². The van der Waals surface area contributed by atoms with Crippen LogP contribution in [0.15, 0.2) is 158 Å². The number of rotatable bonds is 4. The van der Waals surface area contributed by atoms with E-state index in [1.807, 2.05) is 30.6 Å². The molecule has 0 saturated heterocycles. The highest BCUT2D eigenvalue weighted by Crippen LogP contribution is 2.39. The maximum Gasteiger partial charge on any atom is 0.179 e. The van der Waals surface area contributed by atoms with E-state index in [1.54, 1.807) is 6.20 Å². The molecule has 0 aliphatic heterocycles. The van der Waals surface area contributed by atoms with Crippen molar-refractivity contribution in [3.63, 3.8) is 0 Å². The minimum absolute atomic E-state index is 0.583. The van der Waals surface area contributed by atoms with E-state index in [4.69, 9.17) is 15.0 Å². The third kappa shape index (κ3) is 4.39. The number of nitrogens with zero attached hydrogens (tertiary/aromatic N) is 4. The van der Waals surface area contributed by atoms with Gasteiger partial charge >= 0.3 is 0 Å². The highest BCUT2D eigenvalue weighted by atomic mass is 14.9. The minimum Gasteiger partial charge on any atom is -0.264 e. The van der Waals surface area contributed by atoms with Gasteiger partial charge in [-0.05, 0) is 73.4 Å². The monoisotopic (exact) mass is 586 g/mol. The molecule has 0 fully saturated rings. The summed E-state index contributed by atoms with van der Waals surface area (Å²) in [4.78, 5) is 19.6. The van der Waals surface area contributed by atoms with Gasteiger partial charge in [0.05, 0.1) is 11.4 Å². The van der Waals surface area contributed by atoms with Crippen LogP contribution >= 0.6 is 0 Å². The van der Waals surface area contributed by atoms with E-state index < -0.39 is 0 Å². The topological polar surface area (TPSA) is 51.6 Å². The number of benzene rings is 6. The van der Waals surface area contributed by atoms with Gasteiger partial charge in [0, 0.05) is 40.8 Å². The van der Waals surface area contributed by atoms with E-state index in [0.717, 1.165) is 44.4 Å². The smallest absolute Gasteiger partial charge is 0.179 e. The first-order chi connectivity index (χ1) is 22.8. The van der Waals surface area contributed by atoms with Gasteiger partial charge in [-0.3, -0.25) is 9.97 Å². The second-order valence-electron chi connectivity index (χ2n) is 11.5. The molecule has 0 aliphatic carbocycles. The second-order valence-corrected chi connectivity index (χ2v) is 11.5. The molecule has 0 atom stereocenters. The van der Waals surface area contributed by atoms with Crippen molar-refractivity contribution in [3.05, 3.63) is 158 Å². The Kier molecular flexibility index (Phi) is 6.10. The summed E-state index contributed by atoms with van der Waals surface area (Å²) in [6.07, 6.45) is 5.50. The van der Waals surface area contributed by atoms with E-state index in [9.17, 15) is 0 Å². The van der Waals surface area contributed by atoms with Crippen LogP contribution in [-0.4, -0.2) is 19.9 Å². The highest BCUT2D eigenvalue weighted by molar-refractivity contribution is 6.15. The third-order valence-corrected chi connectivity index (χ3v) is 8.80. The van der Waals surface area contributed by atoms with Crippen LogP contribution in [0.3, 0.4) is 0 Å². The first-order valence-corrected chi connectivity index (χ1v) is 15.4. The number of aromatic nitrogens is 4. The van der Waals surface area contributed by atoms with Crippen molar-refractivity contribution < 1.29 is 0 Å². The zero-order valence-electron chi connectivity index (χ0n) is 24.8. The molecule has 0 N–H and O–H groups in total. The molecule has 6 aromatic carbocycles. The Bertz CT molecular complexity index is 2440. The van der Waals surface area contributed by atoms with Crippen molar-refractivity contribution in [2.24, 2.45) is 0 Å². The summed E-state index contributed by atoms with van der Waals surface area (Å²) in [6.45, 7) is 0. The fraction of sp³-hybridized carbons (Fsp3) is 0. The molecule has 3 aromatic heterocycles. The predicted molar refractivity (Wildman–Crippen MR) is 189 cm³/mol. The van der Waals surface area contributed by atoms with Crippen LogP contribution in [0.4, 0.5) is 0 Å². The van der Waals surface area contributed by atoms with E-state index in [-0.39, 0.29) is 0 Å². The van der Waals surface area contributed by atoms with Crippen LogP contribution < -0.4 is 0 Å². The van der Waals surface area contributed by atoms with E-state index >= 15 is 0 Å². The average Bonchev–Trinajstić information content (AvgIpc) is 3.14. The van der Waals surface area contributed by atoms with Crippen molar-refractivity contribution in [1.29, 1.82) is 0 Å². The molecule has 0 saturated carbocycles. The largest absolute Gasteiger partial charge is 0.264 e. The van der Waals surface area contributed by atoms with Crippen LogP contribution in [0.2, 0.25) is 0 Å². The lowest BCUT2D eigenvalue weighted by atomic mass is 9.93. The highest BCUT2D eigenvalue weighted by Gasteiger charge is 2.17. The molecule has 0 amide bonds.